The van der Waals surface area contributed by atoms with E-state index in [0.29, 0.717) is 24.9 Å². The number of rotatable bonds is 9. The Morgan fingerprint density at radius 3 is 2.76 bits per heavy atom. The minimum absolute atomic E-state index is 0.433. The summed E-state index contributed by atoms with van der Waals surface area (Å²) in [5.41, 5.74) is 3.72. The molecule has 0 aliphatic carbocycles. The zero-order valence-corrected chi connectivity index (χ0v) is 18.8. The third kappa shape index (κ3) is 5.06. The second-order valence-electron chi connectivity index (χ2n) is 8.22. The molecule has 3 aromatic heterocycles. The molecule has 4 aromatic rings. The number of ether oxygens (including phenoxy) is 2. The number of fused-ring (bicyclic) bond motifs is 1. The maximum absolute atomic E-state index is 6.03. The van der Waals surface area contributed by atoms with Crippen molar-refractivity contribution < 1.29 is 9.47 Å². The van der Waals surface area contributed by atoms with Crippen LogP contribution in [0.25, 0.3) is 10.9 Å². The molecule has 0 radical (unpaired) electrons. The molecule has 4 heterocycles. The molecule has 1 aliphatic heterocycles. The van der Waals surface area contributed by atoms with Gasteiger partial charge in [0.25, 0.3) is 0 Å². The summed E-state index contributed by atoms with van der Waals surface area (Å²) in [5.74, 6) is 2.11. The molecular weight excluding hydrogens is 416 g/mol. The monoisotopic (exact) mass is 444 g/mol. The minimum Gasteiger partial charge on any atom is -0.487 e. The van der Waals surface area contributed by atoms with Crippen molar-refractivity contribution in [3.05, 3.63) is 66.1 Å². The van der Waals surface area contributed by atoms with Crippen LogP contribution >= 0.6 is 0 Å². The zero-order valence-electron chi connectivity index (χ0n) is 18.8. The molecule has 170 valence electrons. The molecule has 5 rings (SSSR count). The zero-order chi connectivity index (χ0) is 22.5. The molecule has 1 aliphatic rings. The van der Waals surface area contributed by atoms with Crippen molar-refractivity contribution in [1.29, 1.82) is 0 Å². The van der Waals surface area contributed by atoms with E-state index in [2.05, 4.69) is 30.4 Å². The first kappa shape index (κ1) is 21.2. The van der Waals surface area contributed by atoms with Crippen LogP contribution in [0, 0.1) is 6.92 Å². The summed E-state index contributed by atoms with van der Waals surface area (Å²) in [4.78, 5) is 11.3. The fourth-order valence-corrected chi connectivity index (χ4v) is 4.08. The fraction of sp³-hybridized carbons (Fsp3) is 0.320. The summed E-state index contributed by atoms with van der Waals surface area (Å²) in [7, 11) is 0. The number of aromatic amines is 1. The number of nitrogens with zero attached hydrogens (tertiary/aromatic N) is 4. The number of aryl methyl sites for hydroxylation is 1. The van der Waals surface area contributed by atoms with Crippen LogP contribution in [-0.2, 0) is 6.61 Å². The highest BCUT2D eigenvalue weighted by Crippen LogP contribution is 2.32. The number of hydrogen-bond acceptors (Lipinski definition) is 7. The van der Waals surface area contributed by atoms with Crippen LogP contribution < -0.4 is 14.8 Å². The highest BCUT2D eigenvalue weighted by Gasteiger charge is 2.15. The predicted molar refractivity (Wildman–Crippen MR) is 128 cm³/mol. The summed E-state index contributed by atoms with van der Waals surface area (Å²) in [6.07, 6.45) is 6.08. The topological polar surface area (TPSA) is 88.2 Å². The minimum atomic E-state index is 0.433. The number of anilines is 2. The molecule has 2 N–H and O–H groups in total. The highest BCUT2D eigenvalue weighted by molar-refractivity contribution is 5.95. The van der Waals surface area contributed by atoms with Crippen molar-refractivity contribution in [2.24, 2.45) is 0 Å². The van der Waals surface area contributed by atoms with Gasteiger partial charge >= 0.3 is 0 Å². The smallest absolute Gasteiger partial charge is 0.244 e. The van der Waals surface area contributed by atoms with Crippen LogP contribution in [-0.4, -0.2) is 51.3 Å². The van der Waals surface area contributed by atoms with Crippen LogP contribution in [0.3, 0.4) is 0 Å². The van der Waals surface area contributed by atoms with Crippen LogP contribution in [0.5, 0.6) is 11.6 Å². The summed E-state index contributed by atoms with van der Waals surface area (Å²) < 4.78 is 12.0. The first-order valence-electron chi connectivity index (χ1n) is 11.3. The fourth-order valence-electron chi connectivity index (χ4n) is 4.08. The molecule has 1 saturated heterocycles. The highest BCUT2D eigenvalue weighted by atomic mass is 16.5. The second-order valence-corrected chi connectivity index (χ2v) is 8.22. The Bertz CT molecular complexity index is 1200. The third-order valence-corrected chi connectivity index (χ3v) is 5.83. The van der Waals surface area contributed by atoms with E-state index in [1.807, 2.05) is 49.4 Å². The number of pyridine rings is 2. The van der Waals surface area contributed by atoms with E-state index in [0.717, 1.165) is 53.2 Å². The van der Waals surface area contributed by atoms with Crippen LogP contribution in [0.1, 0.15) is 24.1 Å². The van der Waals surface area contributed by atoms with Gasteiger partial charge in [0.2, 0.25) is 5.88 Å². The SMILES string of the molecule is Cc1cc(Nc2nccc3[nH]nc(OCCN4CCCC4)c23)ccc1OCc1ccccn1. The lowest BCUT2D eigenvalue weighted by atomic mass is 10.2. The van der Waals surface area contributed by atoms with E-state index < -0.39 is 0 Å². The number of likely N-dealkylation sites (tertiary alicyclic amines) is 1. The summed E-state index contributed by atoms with van der Waals surface area (Å²) >= 11 is 0. The van der Waals surface area contributed by atoms with Gasteiger partial charge in [0.1, 0.15) is 30.2 Å². The molecular formula is C25H28N6O2. The van der Waals surface area contributed by atoms with Gasteiger partial charge in [-0.2, -0.15) is 0 Å². The van der Waals surface area contributed by atoms with Gasteiger partial charge in [-0.1, -0.05) is 6.07 Å². The third-order valence-electron chi connectivity index (χ3n) is 5.83. The lowest BCUT2D eigenvalue weighted by Gasteiger charge is -2.14. The molecule has 0 unspecified atom stereocenters. The molecule has 0 amide bonds. The van der Waals surface area contributed by atoms with Crippen molar-refractivity contribution in [2.45, 2.75) is 26.4 Å². The van der Waals surface area contributed by atoms with Gasteiger partial charge in [0.05, 0.1) is 11.2 Å². The van der Waals surface area contributed by atoms with E-state index in [1.54, 1.807) is 12.4 Å². The number of H-pyrrole nitrogens is 1. The molecule has 8 heteroatoms. The number of nitrogens with one attached hydrogen (secondary N) is 2. The maximum Gasteiger partial charge on any atom is 0.244 e. The second kappa shape index (κ2) is 9.87. The predicted octanol–water partition coefficient (Wildman–Crippen LogP) is 4.46. The average molecular weight is 445 g/mol. The van der Waals surface area contributed by atoms with Crippen LogP contribution in [0.4, 0.5) is 11.5 Å². The molecule has 8 nitrogen and oxygen atoms in total. The first-order chi connectivity index (χ1) is 16.3. The number of benzene rings is 1. The van der Waals surface area contributed by atoms with Crippen molar-refractivity contribution >= 4 is 22.4 Å². The molecule has 0 saturated carbocycles. The van der Waals surface area contributed by atoms with E-state index in [4.69, 9.17) is 9.47 Å². The summed E-state index contributed by atoms with van der Waals surface area (Å²) in [5, 5.41) is 11.7. The van der Waals surface area contributed by atoms with E-state index >= 15 is 0 Å². The standard InChI is InChI=1S/C25H28N6O2/c1-18-16-19(7-8-22(18)33-17-20-6-2-3-10-26-20)28-24-23-21(9-11-27-24)29-30-25(23)32-15-14-31-12-4-5-13-31/h2-3,6-11,16H,4-5,12-15,17H2,1H3,(H,27,28)(H,29,30). The Kier molecular flexibility index (Phi) is 6.34. The lowest BCUT2D eigenvalue weighted by molar-refractivity contribution is 0.233. The van der Waals surface area contributed by atoms with Crippen LogP contribution in [0.2, 0.25) is 0 Å². The normalized spacial score (nSPS) is 14.0. The Hall–Kier alpha value is -3.65. The molecule has 0 bridgehead atoms. The van der Waals surface area contributed by atoms with Crippen LogP contribution in [0.15, 0.2) is 54.9 Å². The van der Waals surface area contributed by atoms with Gasteiger partial charge < -0.3 is 14.8 Å². The Morgan fingerprint density at radius 2 is 1.94 bits per heavy atom. The van der Waals surface area contributed by atoms with Gasteiger partial charge in [-0.25, -0.2) is 4.98 Å². The Labute approximate surface area is 193 Å². The number of hydrogen-bond donors (Lipinski definition) is 2. The van der Waals surface area contributed by atoms with Crippen molar-refractivity contribution in [1.82, 2.24) is 25.1 Å². The Morgan fingerprint density at radius 1 is 1.03 bits per heavy atom. The maximum atomic E-state index is 6.03. The van der Waals surface area contributed by atoms with Crippen molar-refractivity contribution in [3.8, 4) is 11.6 Å². The molecule has 1 fully saturated rings. The molecule has 1 aromatic carbocycles. The van der Waals surface area contributed by atoms with E-state index in [1.165, 1.54) is 12.8 Å². The van der Waals surface area contributed by atoms with E-state index in [-0.39, 0.29) is 0 Å². The summed E-state index contributed by atoms with van der Waals surface area (Å²) in [6.45, 7) is 6.28. The number of aromatic nitrogens is 4. The van der Waals surface area contributed by atoms with Crippen molar-refractivity contribution in [2.75, 3.05) is 31.6 Å². The van der Waals surface area contributed by atoms with Gasteiger partial charge in [-0.05, 0) is 74.8 Å². The molecule has 33 heavy (non-hydrogen) atoms. The molecule has 0 atom stereocenters. The summed E-state index contributed by atoms with van der Waals surface area (Å²) in [6, 6.07) is 13.7. The quantitative estimate of drug-likeness (QED) is 0.394. The first-order valence-corrected chi connectivity index (χ1v) is 11.3. The average Bonchev–Trinajstić information content (AvgIpc) is 3.50. The van der Waals surface area contributed by atoms with Gasteiger partial charge in [0, 0.05) is 24.6 Å². The van der Waals surface area contributed by atoms with Gasteiger partial charge in [-0.3, -0.25) is 15.0 Å². The lowest BCUT2D eigenvalue weighted by Crippen LogP contribution is -2.25. The Balaban J connectivity index is 1.28. The van der Waals surface area contributed by atoms with Gasteiger partial charge in [-0.15, -0.1) is 5.10 Å². The van der Waals surface area contributed by atoms with Gasteiger partial charge in [0.15, 0.2) is 0 Å². The molecule has 0 spiro atoms. The van der Waals surface area contributed by atoms with Crippen molar-refractivity contribution in [3.63, 3.8) is 0 Å². The van der Waals surface area contributed by atoms with E-state index in [9.17, 15) is 0 Å². The largest absolute Gasteiger partial charge is 0.487 e.